The van der Waals surface area contributed by atoms with Crippen molar-refractivity contribution < 1.29 is 19.1 Å². The maximum atomic E-state index is 12.8. The molecule has 0 aliphatic heterocycles. The number of ether oxygens (including phenoxy) is 1. The van der Waals surface area contributed by atoms with Gasteiger partial charge < -0.3 is 4.74 Å². The highest BCUT2D eigenvalue weighted by Gasteiger charge is 2.67. The minimum atomic E-state index is -0.990. The first-order valence-corrected chi connectivity index (χ1v) is 10.7. The van der Waals surface area contributed by atoms with E-state index in [1.54, 1.807) is 6.92 Å². The van der Waals surface area contributed by atoms with Crippen molar-refractivity contribution in [3.05, 3.63) is 23.3 Å². The van der Waals surface area contributed by atoms with Crippen LogP contribution in [0, 0.1) is 28.6 Å². The molecule has 0 radical (unpaired) electrons. The molecule has 0 amide bonds. The molecule has 2 fully saturated rings. The fraction of sp³-hybridized carbons (Fsp3) is 0.708. The summed E-state index contributed by atoms with van der Waals surface area (Å²) in [4.78, 5) is 36.8. The molecule has 0 aromatic rings. The third-order valence-corrected chi connectivity index (χ3v) is 8.84. The molecule has 0 heterocycles. The molecule has 4 rings (SSSR count). The summed E-state index contributed by atoms with van der Waals surface area (Å²) in [7, 11) is 0. The van der Waals surface area contributed by atoms with Gasteiger partial charge in [0.15, 0.2) is 17.2 Å². The Kier molecular flexibility index (Phi) is 4.30. The van der Waals surface area contributed by atoms with E-state index >= 15 is 0 Å². The number of Topliss-reactive ketones (excluding diaryl/α,β-unsaturated/α-hetero) is 1. The Morgan fingerprint density at radius 1 is 1.07 bits per heavy atom. The molecule has 0 bridgehead atoms. The summed E-state index contributed by atoms with van der Waals surface area (Å²) in [5, 5.41) is 0. The van der Waals surface area contributed by atoms with Crippen LogP contribution in [0.25, 0.3) is 0 Å². The van der Waals surface area contributed by atoms with Gasteiger partial charge in [-0.1, -0.05) is 25.5 Å². The summed E-state index contributed by atoms with van der Waals surface area (Å²) in [6, 6.07) is 0. The Labute approximate surface area is 167 Å². The lowest BCUT2D eigenvalue weighted by Gasteiger charge is -2.58. The van der Waals surface area contributed by atoms with Crippen molar-refractivity contribution in [2.75, 3.05) is 0 Å². The van der Waals surface area contributed by atoms with E-state index in [1.807, 2.05) is 6.08 Å². The van der Waals surface area contributed by atoms with Crippen LogP contribution in [-0.2, 0) is 19.1 Å². The average molecular weight is 385 g/mol. The number of rotatable bonds is 2. The molecule has 0 aromatic carbocycles. The van der Waals surface area contributed by atoms with E-state index in [0.29, 0.717) is 30.6 Å². The van der Waals surface area contributed by atoms with E-state index < -0.39 is 5.60 Å². The molecule has 0 spiro atoms. The lowest BCUT2D eigenvalue weighted by atomic mass is 9.47. The fourth-order valence-electron chi connectivity index (χ4n) is 7.48. The predicted molar refractivity (Wildman–Crippen MR) is 106 cm³/mol. The van der Waals surface area contributed by atoms with Crippen molar-refractivity contribution in [2.24, 2.45) is 28.6 Å². The van der Waals surface area contributed by atoms with E-state index in [1.165, 1.54) is 18.1 Å². The molecule has 0 aromatic heterocycles. The highest BCUT2D eigenvalue weighted by atomic mass is 16.6. The maximum absolute atomic E-state index is 12.8. The Balaban J connectivity index is 1.79. The smallest absolute Gasteiger partial charge is 0.303 e. The summed E-state index contributed by atoms with van der Waals surface area (Å²) in [5.74, 6) is 1.03. The van der Waals surface area contributed by atoms with Crippen LogP contribution in [0.5, 0.6) is 0 Å². The third-order valence-electron chi connectivity index (χ3n) is 8.84. The van der Waals surface area contributed by atoms with Crippen molar-refractivity contribution >= 4 is 17.5 Å². The monoisotopic (exact) mass is 384 g/mol. The number of ketones is 2. The van der Waals surface area contributed by atoms with Gasteiger partial charge in [0.2, 0.25) is 0 Å². The zero-order valence-corrected chi connectivity index (χ0v) is 17.8. The SMILES string of the molecule is CC(=O)O[C@]1(C(C)=O)CC[C@@H]2[C@@H]3C=C(C)C4=CC(=O)CC[C@@]4(C)[C@@H]3CC[C@@]21C. The highest BCUT2D eigenvalue weighted by Crippen LogP contribution is 2.67. The van der Waals surface area contributed by atoms with Gasteiger partial charge in [-0.2, -0.15) is 0 Å². The lowest BCUT2D eigenvalue weighted by molar-refractivity contribution is -0.185. The first kappa shape index (κ1) is 19.6. The number of fused-ring (bicyclic) bond motifs is 5. The normalized spacial score (nSPS) is 44.6. The third kappa shape index (κ3) is 2.39. The van der Waals surface area contributed by atoms with Gasteiger partial charge in [0.05, 0.1) is 0 Å². The number of hydrogen-bond donors (Lipinski definition) is 0. The van der Waals surface area contributed by atoms with Crippen LogP contribution in [0.3, 0.4) is 0 Å². The van der Waals surface area contributed by atoms with Gasteiger partial charge >= 0.3 is 5.97 Å². The average Bonchev–Trinajstić information content (AvgIpc) is 2.90. The Bertz CT molecular complexity index is 820. The van der Waals surface area contributed by atoms with E-state index in [2.05, 4.69) is 26.8 Å². The van der Waals surface area contributed by atoms with Crippen LogP contribution >= 0.6 is 0 Å². The summed E-state index contributed by atoms with van der Waals surface area (Å²) in [5.41, 5.74) is 1.15. The molecule has 4 nitrogen and oxygen atoms in total. The van der Waals surface area contributed by atoms with E-state index in [0.717, 1.165) is 25.7 Å². The number of carbonyl (C=O) groups excluding carboxylic acids is 3. The summed E-state index contributed by atoms with van der Waals surface area (Å²) in [6.45, 7) is 9.63. The quantitative estimate of drug-likeness (QED) is 0.654. The van der Waals surface area contributed by atoms with Crippen molar-refractivity contribution in [1.82, 2.24) is 0 Å². The molecule has 6 atom stereocenters. The van der Waals surface area contributed by atoms with Crippen LogP contribution in [0.15, 0.2) is 23.3 Å². The molecular formula is C24H32O4. The van der Waals surface area contributed by atoms with E-state index in [4.69, 9.17) is 4.74 Å². The Hall–Kier alpha value is -1.71. The Morgan fingerprint density at radius 3 is 2.39 bits per heavy atom. The molecule has 152 valence electrons. The van der Waals surface area contributed by atoms with Crippen LogP contribution < -0.4 is 0 Å². The zero-order valence-electron chi connectivity index (χ0n) is 17.8. The topological polar surface area (TPSA) is 60.4 Å². The van der Waals surface area contributed by atoms with Crippen LogP contribution in [0.4, 0.5) is 0 Å². The fourth-order valence-corrected chi connectivity index (χ4v) is 7.48. The molecule has 4 heteroatoms. The zero-order chi connectivity index (χ0) is 20.5. The standard InChI is InChI=1S/C24H32O4/c1-14-12-18-19(22(4)9-6-17(27)13-21(14)22)7-10-23(5)20(18)8-11-24(23,15(2)25)28-16(3)26/h12-13,18-20H,6-11H2,1-5H3/t18-,19-,20-,22+,23+,24+/m1/s1. The van der Waals surface area contributed by atoms with Crippen LogP contribution in [0.1, 0.15) is 73.1 Å². The minimum absolute atomic E-state index is 0.0160. The van der Waals surface area contributed by atoms with Gasteiger partial charge in [-0.15, -0.1) is 0 Å². The van der Waals surface area contributed by atoms with Gasteiger partial charge in [0.1, 0.15) is 0 Å². The molecular weight excluding hydrogens is 352 g/mol. The number of carbonyl (C=O) groups is 3. The number of hydrogen-bond acceptors (Lipinski definition) is 4. The van der Waals surface area contributed by atoms with Gasteiger partial charge in [-0.3, -0.25) is 14.4 Å². The van der Waals surface area contributed by atoms with Gasteiger partial charge in [-0.05, 0) is 80.8 Å². The van der Waals surface area contributed by atoms with E-state index in [9.17, 15) is 14.4 Å². The second-order valence-corrected chi connectivity index (χ2v) is 10.1. The first-order chi connectivity index (χ1) is 13.0. The lowest BCUT2D eigenvalue weighted by Crippen LogP contribution is -2.58. The predicted octanol–water partition coefficient (Wildman–Crippen LogP) is 4.58. The van der Waals surface area contributed by atoms with Crippen molar-refractivity contribution in [2.45, 2.75) is 78.7 Å². The van der Waals surface area contributed by atoms with Crippen LogP contribution in [-0.4, -0.2) is 23.1 Å². The second kappa shape index (κ2) is 6.14. The van der Waals surface area contributed by atoms with Gasteiger partial charge in [0, 0.05) is 18.8 Å². The largest absolute Gasteiger partial charge is 0.451 e. The summed E-state index contributed by atoms with van der Waals surface area (Å²) < 4.78 is 5.82. The minimum Gasteiger partial charge on any atom is -0.451 e. The molecule has 0 N–H and O–H groups in total. The molecule has 28 heavy (non-hydrogen) atoms. The van der Waals surface area contributed by atoms with Crippen molar-refractivity contribution in [3.8, 4) is 0 Å². The van der Waals surface area contributed by atoms with Gasteiger partial charge in [-0.25, -0.2) is 0 Å². The molecule has 0 unspecified atom stereocenters. The van der Waals surface area contributed by atoms with E-state index in [-0.39, 0.29) is 28.4 Å². The number of esters is 1. The molecule has 0 saturated heterocycles. The maximum Gasteiger partial charge on any atom is 0.303 e. The Morgan fingerprint density at radius 2 is 1.75 bits per heavy atom. The second-order valence-electron chi connectivity index (χ2n) is 10.1. The molecule has 2 saturated carbocycles. The van der Waals surface area contributed by atoms with Crippen LogP contribution in [0.2, 0.25) is 0 Å². The molecule has 4 aliphatic rings. The van der Waals surface area contributed by atoms with Crippen molar-refractivity contribution in [3.63, 3.8) is 0 Å². The molecule has 4 aliphatic carbocycles. The van der Waals surface area contributed by atoms with Gasteiger partial charge in [0.25, 0.3) is 0 Å². The first-order valence-electron chi connectivity index (χ1n) is 10.7. The highest BCUT2D eigenvalue weighted by molar-refractivity contribution is 5.92. The van der Waals surface area contributed by atoms with Crippen molar-refractivity contribution in [1.29, 1.82) is 0 Å². The summed E-state index contributed by atoms with van der Waals surface area (Å²) in [6.07, 6.45) is 9.20. The number of allylic oxidation sites excluding steroid dienone is 4. The summed E-state index contributed by atoms with van der Waals surface area (Å²) >= 11 is 0.